The molecule has 1 aromatic rings. The van der Waals surface area contributed by atoms with Crippen LogP contribution in [0.15, 0.2) is 6.20 Å². The Bertz CT molecular complexity index is 301. The highest BCUT2D eigenvalue weighted by molar-refractivity contribution is 5.21. The first-order chi connectivity index (χ1) is 6.16. The summed E-state index contributed by atoms with van der Waals surface area (Å²) < 4.78 is 2.04. The number of fused-ring (bicyclic) bond motifs is 1. The van der Waals surface area contributed by atoms with E-state index in [0.717, 1.165) is 19.3 Å². The van der Waals surface area contributed by atoms with Crippen LogP contribution in [0.25, 0.3) is 0 Å². The number of hydrogen-bond acceptors (Lipinski definition) is 2. The van der Waals surface area contributed by atoms with Crippen molar-refractivity contribution in [1.29, 1.82) is 0 Å². The van der Waals surface area contributed by atoms with E-state index in [2.05, 4.69) is 25.1 Å². The first-order valence-electron chi connectivity index (χ1n) is 4.99. The lowest BCUT2D eigenvalue weighted by atomic mass is 9.95. The van der Waals surface area contributed by atoms with Gasteiger partial charge in [-0.25, -0.2) is 0 Å². The molecule has 0 bridgehead atoms. The maximum Gasteiger partial charge on any atom is 0.0672 e. The summed E-state index contributed by atoms with van der Waals surface area (Å²) in [4.78, 5) is 0. The Hall–Kier alpha value is -0.830. The third-order valence-electron chi connectivity index (χ3n) is 2.66. The van der Waals surface area contributed by atoms with Crippen molar-refractivity contribution < 1.29 is 0 Å². The van der Waals surface area contributed by atoms with E-state index < -0.39 is 0 Å². The molecule has 0 saturated heterocycles. The standard InChI is InChI=1S/C10H17N3/c1-7(2)13-6-8-3-4-9(11)5-10(8)12-13/h6-7,9H,3-5,11H2,1-2H3. The van der Waals surface area contributed by atoms with Crippen LogP contribution >= 0.6 is 0 Å². The van der Waals surface area contributed by atoms with Crippen LogP contribution in [0.2, 0.25) is 0 Å². The zero-order valence-electron chi connectivity index (χ0n) is 8.33. The summed E-state index contributed by atoms with van der Waals surface area (Å²) in [5, 5.41) is 4.54. The fourth-order valence-electron chi connectivity index (χ4n) is 1.80. The van der Waals surface area contributed by atoms with Crippen molar-refractivity contribution in [2.45, 2.75) is 45.2 Å². The van der Waals surface area contributed by atoms with Crippen molar-refractivity contribution in [3.8, 4) is 0 Å². The quantitative estimate of drug-likeness (QED) is 0.705. The lowest BCUT2D eigenvalue weighted by molar-refractivity contribution is 0.518. The van der Waals surface area contributed by atoms with E-state index in [-0.39, 0.29) is 0 Å². The molecule has 0 amide bonds. The summed E-state index contributed by atoms with van der Waals surface area (Å²) in [6.45, 7) is 4.30. The molecule has 0 spiro atoms. The normalized spacial score (nSPS) is 22.0. The van der Waals surface area contributed by atoms with Gasteiger partial charge in [-0.1, -0.05) is 0 Å². The molecular formula is C10H17N3. The van der Waals surface area contributed by atoms with Gasteiger partial charge in [0.25, 0.3) is 0 Å². The topological polar surface area (TPSA) is 43.8 Å². The van der Waals surface area contributed by atoms with Crippen LogP contribution in [0.5, 0.6) is 0 Å². The number of nitrogens with two attached hydrogens (primary N) is 1. The molecular weight excluding hydrogens is 162 g/mol. The molecule has 13 heavy (non-hydrogen) atoms. The smallest absolute Gasteiger partial charge is 0.0672 e. The summed E-state index contributed by atoms with van der Waals surface area (Å²) in [5.74, 6) is 0. The molecule has 1 unspecified atom stereocenters. The highest BCUT2D eigenvalue weighted by Crippen LogP contribution is 2.20. The first kappa shape index (κ1) is 8.75. The van der Waals surface area contributed by atoms with Crippen LogP contribution in [0.3, 0.4) is 0 Å². The predicted octanol–water partition coefficient (Wildman–Crippen LogP) is 1.28. The second-order valence-electron chi connectivity index (χ2n) is 4.18. The summed E-state index contributed by atoms with van der Waals surface area (Å²) in [6.07, 6.45) is 5.33. The Kier molecular flexibility index (Phi) is 2.12. The zero-order valence-corrected chi connectivity index (χ0v) is 8.33. The minimum atomic E-state index is 0.322. The SMILES string of the molecule is CC(C)n1cc2c(n1)CC(N)CC2. The zero-order chi connectivity index (χ0) is 9.42. The minimum absolute atomic E-state index is 0.322. The molecule has 0 saturated carbocycles. The molecule has 0 aliphatic heterocycles. The van der Waals surface area contributed by atoms with Gasteiger partial charge >= 0.3 is 0 Å². The van der Waals surface area contributed by atoms with Gasteiger partial charge in [-0.2, -0.15) is 5.10 Å². The maximum atomic E-state index is 5.89. The average Bonchev–Trinajstić information content (AvgIpc) is 2.46. The van der Waals surface area contributed by atoms with Crippen molar-refractivity contribution >= 4 is 0 Å². The Morgan fingerprint density at radius 2 is 2.38 bits per heavy atom. The largest absolute Gasteiger partial charge is 0.327 e. The Balaban J connectivity index is 2.28. The summed E-state index contributed by atoms with van der Waals surface area (Å²) >= 11 is 0. The second kappa shape index (κ2) is 3.14. The highest BCUT2D eigenvalue weighted by atomic mass is 15.3. The van der Waals surface area contributed by atoms with E-state index in [1.165, 1.54) is 11.3 Å². The van der Waals surface area contributed by atoms with Gasteiger partial charge in [0.1, 0.15) is 0 Å². The molecule has 3 heteroatoms. The average molecular weight is 179 g/mol. The summed E-state index contributed by atoms with van der Waals surface area (Å²) in [5.41, 5.74) is 8.50. The molecule has 0 fully saturated rings. The van der Waals surface area contributed by atoms with Crippen LogP contribution in [0, 0.1) is 0 Å². The summed E-state index contributed by atoms with van der Waals surface area (Å²) in [7, 11) is 0. The Labute approximate surface area is 78.9 Å². The monoisotopic (exact) mass is 179 g/mol. The maximum absolute atomic E-state index is 5.89. The molecule has 2 N–H and O–H groups in total. The van der Waals surface area contributed by atoms with Gasteiger partial charge in [0.15, 0.2) is 0 Å². The van der Waals surface area contributed by atoms with E-state index >= 15 is 0 Å². The van der Waals surface area contributed by atoms with Crippen LogP contribution in [0.1, 0.15) is 37.6 Å². The van der Waals surface area contributed by atoms with E-state index in [0.29, 0.717) is 12.1 Å². The Morgan fingerprint density at radius 1 is 1.62 bits per heavy atom. The van der Waals surface area contributed by atoms with Crippen molar-refractivity contribution in [1.82, 2.24) is 9.78 Å². The molecule has 72 valence electrons. The summed E-state index contributed by atoms with van der Waals surface area (Å²) in [6, 6.07) is 0.782. The van der Waals surface area contributed by atoms with Gasteiger partial charge in [-0.3, -0.25) is 4.68 Å². The van der Waals surface area contributed by atoms with Gasteiger partial charge in [0, 0.05) is 24.7 Å². The van der Waals surface area contributed by atoms with E-state index in [4.69, 9.17) is 5.73 Å². The number of aromatic nitrogens is 2. The van der Waals surface area contributed by atoms with E-state index in [9.17, 15) is 0 Å². The van der Waals surface area contributed by atoms with Crippen LogP contribution in [-0.2, 0) is 12.8 Å². The minimum Gasteiger partial charge on any atom is -0.327 e. The van der Waals surface area contributed by atoms with Crippen molar-refractivity contribution in [2.75, 3.05) is 0 Å². The lowest BCUT2D eigenvalue weighted by Gasteiger charge is -2.15. The van der Waals surface area contributed by atoms with Crippen LogP contribution in [-0.4, -0.2) is 15.8 Å². The number of rotatable bonds is 1. The molecule has 2 rings (SSSR count). The van der Waals surface area contributed by atoms with E-state index in [1.807, 2.05) is 4.68 Å². The molecule has 1 atom stereocenters. The second-order valence-corrected chi connectivity index (χ2v) is 4.18. The van der Waals surface area contributed by atoms with Crippen LogP contribution < -0.4 is 5.73 Å². The van der Waals surface area contributed by atoms with Gasteiger partial charge in [-0.15, -0.1) is 0 Å². The third kappa shape index (κ3) is 1.61. The molecule has 1 aliphatic rings. The van der Waals surface area contributed by atoms with Crippen molar-refractivity contribution in [2.24, 2.45) is 5.73 Å². The first-order valence-corrected chi connectivity index (χ1v) is 4.99. The fourth-order valence-corrected chi connectivity index (χ4v) is 1.80. The fraction of sp³-hybridized carbons (Fsp3) is 0.700. The van der Waals surface area contributed by atoms with Gasteiger partial charge in [0.2, 0.25) is 0 Å². The molecule has 1 aliphatic carbocycles. The van der Waals surface area contributed by atoms with Gasteiger partial charge < -0.3 is 5.73 Å². The molecule has 1 aromatic heterocycles. The van der Waals surface area contributed by atoms with Crippen LogP contribution in [0.4, 0.5) is 0 Å². The molecule has 0 aromatic carbocycles. The molecule has 3 nitrogen and oxygen atoms in total. The van der Waals surface area contributed by atoms with Gasteiger partial charge in [-0.05, 0) is 32.3 Å². The predicted molar refractivity (Wildman–Crippen MR) is 52.6 cm³/mol. The Morgan fingerprint density at radius 3 is 3.08 bits per heavy atom. The van der Waals surface area contributed by atoms with E-state index in [1.54, 1.807) is 0 Å². The lowest BCUT2D eigenvalue weighted by Crippen LogP contribution is -2.27. The number of nitrogens with zero attached hydrogens (tertiary/aromatic N) is 2. The van der Waals surface area contributed by atoms with Gasteiger partial charge in [0.05, 0.1) is 5.69 Å². The van der Waals surface area contributed by atoms with Crippen molar-refractivity contribution in [3.05, 3.63) is 17.5 Å². The number of hydrogen-bond donors (Lipinski definition) is 1. The molecule has 1 heterocycles. The highest BCUT2D eigenvalue weighted by Gasteiger charge is 2.19. The third-order valence-corrected chi connectivity index (χ3v) is 2.66. The molecule has 0 radical (unpaired) electrons. The number of aryl methyl sites for hydroxylation is 1. The van der Waals surface area contributed by atoms with Crippen molar-refractivity contribution in [3.63, 3.8) is 0 Å².